The van der Waals surface area contributed by atoms with Crippen LogP contribution in [0.2, 0.25) is 10.0 Å². The van der Waals surface area contributed by atoms with E-state index < -0.39 is 15.1 Å². The minimum absolute atomic E-state index is 0.0729. The van der Waals surface area contributed by atoms with Crippen LogP contribution in [0.15, 0.2) is 48.5 Å². The van der Waals surface area contributed by atoms with E-state index in [4.69, 9.17) is 23.2 Å². The first-order chi connectivity index (χ1) is 11.9. The van der Waals surface area contributed by atoms with Gasteiger partial charge in [0, 0.05) is 18.1 Å². The molecule has 1 aliphatic heterocycles. The summed E-state index contributed by atoms with van der Waals surface area (Å²) >= 11 is 12.1. The van der Waals surface area contributed by atoms with Crippen molar-refractivity contribution in [3.05, 3.63) is 69.7 Å². The molecule has 0 N–H and O–H groups in total. The van der Waals surface area contributed by atoms with Gasteiger partial charge in [0.05, 0.1) is 21.6 Å². The van der Waals surface area contributed by atoms with Crippen LogP contribution in [-0.2, 0) is 9.84 Å². The highest BCUT2D eigenvalue weighted by atomic mass is 35.5. The van der Waals surface area contributed by atoms with Gasteiger partial charge in [-0.1, -0.05) is 53.5 Å². The predicted molar refractivity (Wildman–Crippen MR) is 100.0 cm³/mol. The van der Waals surface area contributed by atoms with Crippen molar-refractivity contribution < 1.29 is 13.2 Å². The summed E-state index contributed by atoms with van der Waals surface area (Å²) < 4.78 is 25.3. The van der Waals surface area contributed by atoms with Crippen molar-refractivity contribution in [2.75, 3.05) is 18.8 Å². The van der Waals surface area contributed by atoms with Crippen molar-refractivity contribution in [1.82, 2.24) is 4.90 Å². The lowest BCUT2D eigenvalue weighted by atomic mass is 10.1. The van der Waals surface area contributed by atoms with E-state index in [0.717, 1.165) is 5.56 Å². The molecule has 2 aromatic rings. The van der Waals surface area contributed by atoms with E-state index in [1.807, 2.05) is 30.3 Å². The van der Waals surface area contributed by atoms with Crippen LogP contribution < -0.4 is 0 Å². The van der Waals surface area contributed by atoms with Crippen LogP contribution >= 0.6 is 23.2 Å². The summed E-state index contributed by atoms with van der Waals surface area (Å²) in [6.45, 7) is 0.494. The summed E-state index contributed by atoms with van der Waals surface area (Å²) in [5.41, 5.74) is 1.06. The molecule has 1 atom stereocenters. The van der Waals surface area contributed by atoms with E-state index in [-0.39, 0.29) is 18.2 Å². The molecule has 1 amide bonds. The number of hydrogen-bond donors (Lipinski definition) is 0. The number of hydrogen-bond acceptors (Lipinski definition) is 3. The Labute approximate surface area is 157 Å². The fourth-order valence-electron chi connectivity index (χ4n) is 3.02. The van der Waals surface area contributed by atoms with E-state index in [9.17, 15) is 13.2 Å². The molecule has 0 spiro atoms. The molecule has 2 aromatic carbocycles. The normalized spacial score (nSPS) is 20.1. The molecule has 7 heteroatoms. The van der Waals surface area contributed by atoms with Gasteiger partial charge in [-0.3, -0.25) is 4.79 Å². The van der Waals surface area contributed by atoms with Gasteiger partial charge in [0.15, 0.2) is 9.84 Å². The number of sulfone groups is 1. The second-order valence-electron chi connectivity index (χ2n) is 5.97. The molecule has 0 aliphatic carbocycles. The highest BCUT2D eigenvalue weighted by Crippen LogP contribution is 2.30. The molecular formula is C18H17Cl2NO3S. The average Bonchev–Trinajstić information content (AvgIpc) is 2.75. The molecule has 0 unspecified atom stereocenters. The fraction of sp³-hybridized carbons (Fsp3) is 0.278. The Morgan fingerprint density at radius 3 is 2.48 bits per heavy atom. The molecule has 25 heavy (non-hydrogen) atoms. The third-order valence-electron chi connectivity index (χ3n) is 4.36. The Morgan fingerprint density at radius 2 is 1.76 bits per heavy atom. The van der Waals surface area contributed by atoms with Crippen LogP contribution in [0.5, 0.6) is 0 Å². The molecule has 4 nitrogen and oxygen atoms in total. The zero-order chi connectivity index (χ0) is 18.0. The molecule has 1 fully saturated rings. The molecule has 132 valence electrons. The Kier molecular flexibility index (Phi) is 5.37. The number of carbonyl (C=O) groups excluding carboxylic acids is 1. The van der Waals surface area contributed by atoms with Crippen LogP contribution in [0.3, 0.4) is 0 Å². The topological polar surface area (TPSA) is 54.5 Å². The van der Waals surface area contributed by atoms with E-state index >= 15 is 0 Å². The number of carbonyl (C=O) groups is 1. The van der Waals surface area contributed by atoms with E-state index in [1.54, 1.807) is 12.1 Å². The SMILES string of the molecule is O=C(c1cc(Cl)ccc1Cl)N1CC[C@@H](c2ccccc2)S(=O)(=O)CC1. The monoisotopic (exact) mass is 397 g/mol. The first-order valence-corrected chi connectivity index (χ1v) is 10.4. The van der Waals surface area contributed by atoms with Gasteiger partial charge in [-0.25, -0.2) is 8.42 Å². The van der Waals surface area contributed by atoms with Crippen LogP contribution in [0.25, 0.3) is 0 Å². The average molecular weight is 398 g/mol. The summed E-state index contributed by atoms with van der Waals surface area (Å²) in [4.78, 5) is 14.3. The maximum absolute atomic E-state index is 12.8. The third kappa shape index (κ3) is 4.00. The zero-order valence-electron chi connectivity index (χ0n) is 13.4. The largest absolute Gasteiger partial charge is 0.338 e. The van der Waals surface area contributed by atoms with Crippen LogP contribution in [0.4, 0.5) is 0 Å². The summed E-state index contributed by atoms with van der Waals surface area (Å²) in [5, 5.41) is 0.125. The Hall–Kier alpha value is -1.56. The van der Waals surface area contributed by atoms with Gasteiger partial charge in [-0.2, -0.15) is 0 Å². The molecule has 0 aromatic heterocycles. The van der Waals surface area contributed by atoms with Gasteiger partial charge in [0.1, 0.15) is 0 Å². The summed E-state index contributed by atoms with van der Waals surface area (Å²) in [6, 6.07) is 13.8. The molecule has 3 rings (SSSR count). The van der Waals surface area contributed by atoms with Crippen LogP contribution in [0.1, 0.15) is 27.6 Å². The Bertz CT molecular complexity index is 884. The molecule has 1 aliphatic rings. The van der Waals surface area contributed by atoms with Crippen molar-refractivity contribution >= 4 is 38.9 Å². The standard InChI is InChI=1S/C18H17Cl2NO3S/c19-14-6-7-16(20)15(12-14)18(22)21-9-8-17(25(23,24)11-10-21)13-4-2-1-3-5-13/h1-7,12,17H,8-11H2/t17-/m0/s1. The second-order valence-corrected chi connectivity index (χ2v) is 9.12. The van der Waals surface area contributed by atoms with Crippen molar-refractivity contribution in [3.63, 3.8) is 0 Å². The van der Waals surface area contributed by atoms with Crippen molar-refractivity contribution in [3.8, 4) is 0 Å². The molecule has 0 saturated carbocycles. The Morgan fingerprint density at radius 1 is 1.04 bits per heavy atom. The minimum Gasteiger partial charge on any atom is -0.338 e. The van der Waals surface area contributed by atoms with Crippen LogP contribution in [0, 0.1) is 0 Å². The maximum Gasteiger partial charge on any atom is 0.255 e. The fourth-order valence-corrected chi connectivity index (χ4v) is 5.19. The van der Waals surface area contributed by atoms with Gasteiger partial charge in [-0.15, -0.1) is 0 Å². The highest BCUT2D eigenvalue weighted by molar-refractivity contribution is 7.91. The lowest BCUT2D eigenvalue weighted by molar-refractivity contribution is 0.0767. The van der Waals surface area contributed by atoms with Crippen molar-refractivity contribution in [2.24, 2.45) is 0 Å². The van der Waals surface area contributed by atoms with E-state index in [2.05, 4.69) is 0 Å². The second kappa shape index (κ2) is 7.36. The summed E-state index contributed by atoms with van der Waals surface area (Å²) in [5.74, 6) is -0.368. The third-order valence-corrected chi connectivity index (χ3v) is 7.05. The van der Waals surface area contributed by atoms with Crippen molar-refractivity contribution in [2.45, 2.75) is 11.7 Å². The smallest absolute Gasteiger partial charge is 0.255 e. The quantitative estimate of drug-likeness (QED) is 0.769. The molecule has 1 saturated heterocycles. The molecule has 0 bridgehead atoms. The van der Waals surface area contributed by atoms with Crippen LogP contribution in [-0.4, -0.2) is 38.1 Å². The molecule has 1 heterocycles. The van der Waals surface area contributed by atoms with E-state index in [1.165, 1.54) is 11.0 Å². The number of halogens is 2. The predicted octanol–water partition coefficient (Wildman–Crippen LogP) is 4.00. The number of amides is 1. The lowest BCUT2D eigenvalue weighted by Gasteiger charge is -2.20. The summed E-state index contributed by atoms with van der Waals surface area (Å²) in [7, 11) is -3.33. The van der Waals surface area contributed by atoms with Gasteiger partial charge >= 0.3 is 0 Å². The highest BCUT2D eigenvalue weighted by Gasteiger charge is 2.33. The first kappa shape index (κ1) is 18.2. The maximum atomic E-state index is 12.8. The van der Waals surface area contributed by atoms with Gasteiger partial charge in [-0.05, 0) is 30.2 Å². The number of benzene rings is 2. The number of nitrogens with zero attached hydrogens (tertiary/aromatic N) is 1. The van der Waals surface area contributed by atoms with Crippen molar-refractivity contribution in [1.29, 1.82) is 0 Å². The van der Waals surface area contributed by atoms with Gasteiger partial charge in [0.25, 0.3) is 5.91 Å². The molecule has 0 radical (unpaired) electrons. The minimum atomic E-state index is -3.33. The summed E-state index contributed by atoms with van der Waals surface area (Å²) in [6.07, 6.45) is 0.357. The van der Waals surface area contributed by atoms with Gasteiger partial charge < -0.3 is 4.90 Å². The van der Waals surface area contributed by atoms with Gasteiger partial charge in [0.2, 0.25) is 0 Å². The lowest BCUT2D eigenvalue weighted by Crippen LogP contribution is -2.33. The molecular weight excluding hydrogens is 381 g/mol. The number of rotatable bonds is 2. The first-order valence-electron chi connectivity index (χ1n) is 7.89. The van der Waals surface area contributed by atoms with E-state index in [0.29, 0.717) is 28.6 Å². The zero-order valence-corrected chi connectivity index (χ0v) is 15.7. The Balaban J connectivity index is 1.85.